The van der Waals surface area contributed by atoms with Gasteiger partial charge >= 0.3 is 0 Å². The average Bonchev–Trinajstić information content (AvgIpc) is 3.30. The van der Waals surface area contributed by atoms with Crippen LogP contribution in [0.4, 0.5) is 0 Å². The van der Waals surface area contributed by atoms with Crippen LogP contribution in [0.2, 0.25) is 0 Å². The minimum absolute atomic E-state index is 0.0984. The molecule has 1 atom stereocenters. The first kappa shape index (κ1) is 15.6. The van der Waals surface area contributed by atoms with Crippen molar-refractivity contribution in [2.45, 2.75) is 25.8 Å². The Bertz CT molecular complexity index is 911. The number of fused-ring (bicyclic) bond motifs is 1. The molecule has 1 amide bonds. The highest BCUT2D eigenvalue weighted by atomic mass is 16.1. The summed E-state index contributed by atoms with van der Waals surface area (Å²) in [6.07, 6.45) is 10.6. The summed E-state index contributed by atoms with van der Waals surface area (Å²) < 4.78 is 1.96. The molecule has 0 saturated carbocycles. The number of rotatable bonds is 5. The number of nitrogens with one attached hydrogen (secondary N) is 1. The second-order valence-corrected chi connectivity index (χ2v) is 6.37. The van der Waals surface area contributed by atoms with Crippen molar-refractivity contribution in [2.75, 3.05) is 0 Å². The zero-order chi connectivity index (χ0) is 17.1. The van der Waals surface area contributed by atoms with Gasteiger partial charge in [0.25, 0.3) is 0 Å². The number of benzene rings is 1. The van der Waals surface area contributed by atoms with Crippen LogP contribution in [-0.4, -0.2) is 20.4 Å². The molecule has 25 heavy (non-hydrogen) atoms. The van der Waals surface area contributed by atoms with Crippen LogP contribution < -0.4 is 5.32 Å². The Kier molecular flexibility index (Phi) is 4.29. The fourth-order valence-electron chi connectivity index (χ4n) is 3.18. The number of hydrogen-bond donors (Lipinski definition) is 1. The number of pyridine rings is 1. The number of nitrogens with zero attached hydrogens (tertiary/aromatic N) is 3. The summed E-state index contributed by atoms with van der Waals surface area (Å²) in [5, 5.41) is 2.98. The third kappa shape index (κ3) is 3.45. The van der Waals surface area contributed by atoms with Crippen molar-refractivity contribution in [3.05, 3.63) is 66.6 Å². The molecule has 4 rings (SSSR count). The molecule has 3 aromatic rings. The molecule has 1 unspecified atom stereocenters. The molecule has 126 valence electrons. The standard InChI is InChI=1S/C20H20N4O/c25-20(11-15-5-1-2-6-15)22-13-16-9-10-19(21-12-16)24-14-23-17-7-3-4-8-18(17)24/h1,3-5,7-10,12,14-15H,2,6,11,13H2,(H,22,25). The minimum atomic E-state index is 0.0984. The highest BCUT2D eigenvalue weighted by molar-refractivity contribution is 5.77. The molecule has 0 saturated heterocycles. The molecule has 0 spiro atoms. The molecule has 0 fully saturated rings. The van der Waals surface area contributed by atoms with Crippen LogP contribution in [0.15, 0.2) is 61.1 Å². The van der Waals surface area contributed by atoms with E-state index in [0.29, 0.717) is 18.9 Å². The second kappa shape index (κ2) is 6.89. The number of imidazole rings is 1. The van der Waals surface area contributed by atoms with Crippen molar-refractivity contribution in [1.29, 1.82) is 0 Å². The third-order valence-corrected chi connectivity index (χ3v) is 4.56. The Labute approximate surface area is 146 Å². The quantitative estimate of drug-likeness (QED) is 0.729. The highest BCUT2D eigenvalue weighted by Crippen LogP contribution is 2.20. The number of carbonyl (C=O) groups excluding carboxylic acids is 1. The van der Waals surface area contributed by atoms with Gasteiger partial charge < -0.3 is 5.32 Å². The summed E-state index contributed by atoms with van der Waals surface area (Å²) in [4.78, 5) is 20.9. The first-order chi connectivity index (χ1) is 12.3. The third-order valence-electron chi connectivity index (χ3n) is 4.56. The lowest BCUT2D eigenvalue weighted by Gasteiger charge is -2.09. The van der Waals surface area contributed by atoms with Gasteiger partial charge in [0, 0.05) is 19.2 Å². The van der Waals surface area contributed by atoms with Gasteiger partial charge in [0.2, 0.25) is 5.91 Å². The van der Waals surface area contributed by atoms with Gasteiger partial charge in [-0.25, -0.2) is 9.97 Å². The zero-order valence-electron chi connectivity index (χ0n) is 13.9. The topological polar surface area (TPSA) is 59.8 Å². The van der Waals surface area contributed by atoms with Crippen molar-refractivity contribution in [2.24, 2.45) is 5.92 Å². The molecule has 0 radical (unpaired) electrons. The van der Waals surface area contributed by atoms with Gasteiger partial charge in [-0.1, -0.05) is 30.4 Å². The van der Waals surface area contributed by atoms with Gasteiger partial charge in [-0.2, -0.15) is 0 Å². The molecule has 1 N–H and O–H groups in total. The Morgan fingerprint density at radius 1 is 1.20 bits per heavy atom. The van der Waals surface area contributed by atoms with Gasteiger partial charge in [0.1, 0.15) is 12.1 Å². The molecule has 1 aliphatic rings. The molecular weight excluding hydrogens is 312 g/mol. The van der Waals surface area contributed by atoms with Crippen LogP contribution in [0, 0.1) is 5.92 Å². The van der Waals surface area contributed by atoms with E-state index in [9.17, 15) is 4.79 Å². The molecule has 0 aliphatic heterocycles. The van der Waals surface area contributed by atoms with Crippen LogP contribution in [0.3, 0.4) is 0 Å². The lowest BCUT2D eigenvalue weighted by atomic mass is 10.1. The van der Waals surface area contributed by atoms with Crippen molar-refractivity contribution in [3.63, 3.8) is 0 Å². The van der Waals surface area contributed by atoms with E-state index in [4.69, 9.17) is 0 Å². The first-order valence-electron chi connectivity index (χ1n) is 8.60. The molecule has 2 heterocycles. The molecule has 2 aromatic heterocycles. The summed E-state index contributed by atoms with van der Waals surface area (Å²) in [7, 11) is 0. The van der Waals surface area contributed by atoms with E-state index < -0.39 is 0 Å². The molecule has 1 aliphatic carbocycles. The molecule has 5 heteroatoms. The predicted octanol–water partition coefficient (Wildman–Crippen LogP) is 3.39. The summed E-state index contributed by atoms with van der Waals surface area (Å²) in [6.45, 7) is 0.507. The van der Waals surface area contributed by atoms with Crippen molar-refractivity contribution in [3.8, 4) is 5.82 Å². The van der Waals surface area contributed by atoms with E-state index in [1.807, 2.05) is 41.0 Å². The van der Waals surface area contributed by atoms with Crippen molar-refractivity contribution >= 4 is 16.9 Å². The number of hydrogen-bond acceptors (Lipinski definition) is 3. The van der Waals surface area contributed by atoms with Crippen LogP contribution in [-0.2, 0) is 11.3 Å². The highest BCUT2D eigenvalue weighted by Gasteiger charge is 2.13. The summed E-state index contributed by atoms with van der Waals surface area (Å²) >= 11 is 0. The fraction of sp³-hybridized carbons (Fsp3) is 0.250. The first-order valence-corrected chi connectivity index (χ1v) is 8.60. The average molecular weight is 332 g/mol. The summed E-state index contributed by atoms with van der Waals surface area (Å²) in [6, 6.07) is 11.9. The van der Waals surface area contributed by atoms with E-state index >= 15 is 0 Å². The lowest BCUT2D eigenvalue weighted by Crippen LogP contribution is -2.24. The van der Waals surface area contributed by atoms with Gasteiger partial charge in [-0.15, -0.1) is 0 Å². The summed E-state index contributed by atoms with van der Waals surface area (Å²) in [5.74, 6) is 1.32. The van der Waals surface area contributed by atoms with Crippen LogP contribution >= 0.6 is 0 Å². The van der Waals surface area contributed by atoms with E-state index in [1.54, 1.807) is 12.5 Å². The predicted molar refractivity (Wildman–Crippen MR) is 97.2 cm³/mol. The second-order valence-electron chi connectivity index (χ2n) is 6.37. The van der Waals surface area contributed by atoms with E-state index in [2.05, 4.69) is 27.4 Å². The van der Waals surface area contributed by atoms with Crippen molar-refractivity contribution in [1.82, 2.24) is 19.9 Å². The number of para-hydroxylation sites is 2. The Balaban J connectivity index is 1.40. The maximum Gasteiger partial charge on any atom is 0.220 e. The number of amides is 1. The van der Waals surface area contributed by atoms with Gasteiger partial charge in [0.05, 0.1) is 11.0 Å². The smallest absolute Gasteiger partial charge is 0.220 e. The fourth-order valence-corrected chi connectivity index (χ4v) is 3.18. The van der Waals surface area contributed by atoms with Crippen LogP contribution in [0.1, 0.15) is 24.8 Å². The monoisotopic (exact) mass is 332 g/mol. The molecular formula is C20H20N4O. The minimum Gasteiger partial charge on any atom is -0.352 e. The van der Waals surface area contributed by atoms with Crippen LogP contribution in [0.25, 0.3) is 16.9 Å². The maximum absolute atomic E-state index is 12.0. The van der Waals surface area contributed by atoms with E-state index in [-0.39, 0.29) is 5.91 Å². The van der Waals surface area contributed by atoms with Crippen LogP contribution in [0.5, 0.6) is 0 Å². The zero-order valence-corrected chi connectivity index (χ0v) is 13.9. The SMILES string of the molecule is O=C(CC1C=CCC1)NCc1ccc(-n2cnc3ccccc32)nc1. The lowest BCUT2D eigenvalue weighted by molar-refractivity contribution is -0.121. The van der Waals surface area contributed by atoms with Gasteiger partial charge in [-0.3, -0.25) is 9.36 Å². The largest absolute Gasteiger partial charge is 0.352 e. The summed E-state index contributed by atoms with van der Waals surface area (Å²) in [5.41, 5.74) is 2.96. The molecule has 1 aromatic carbocycles. The van der Waals surface area contributed by atoms with Gasteiger partial charge in [-0.05, 0) is 42.5 Å². The Morgan fingerprint density at radius 2 is 2.12 bits per heavy atom. The maximum atomic E-state index is 12.0. The number of aromatic nitrogens is 3. The van der Waals surface area contributed by atoms with Gasteiger partial charge in [0.15, 0.2) is 0 Å². The van der Waals surface area contributed by atoms with Crippen molar-refractivity contribution < 1.29 is 4.79 Å². The normalized spacial score (nSPS) is 16.4. The Morgan fingerprint density at radius 3 is 2.92 bits per heavy atom. The number of carbonyl (C=O) groups is 1. The van der Waals surface area contributed by atoms with E-state index in [1.165, 1.54) is 0 Å². The number of allylic oxidation sites excluding steroid dienone is 2. The Hall–Kier alpha value is -2.95. The molecule has 5 nitrogen and oxygen atoms in total. The molecule has 0 bridgehead atoms. The van der Waals surface area contributed by atoms with E-state index in [0.717, 1.165) is 35.3 Å².